The first-order valence-corrected chi connectivity index (χ1v) is 8.08. The van der Waals surface area contributed by atoms with Crippen molar-refractivity contribution < 1.29 is 23.8 Å². The van der Waals surface area contributed by atoms with E-state index >= 15 is 0 Å². The average molecular weight is 353 g/mol. The van der Waals surface area contributed by atoms with Crippen LogP contribution in [0.5, 0.6) is 11.5 Å². The van der Waals surface area contributed by atoms with E-state index in [0.717, 1.165) is 10.9 Å². The van der Waals surface area contributed by atoms with Crippen molar-refractivity contribution in [2.24, 2.45) is 0 Å². The molecule has 3 rings (SSSR count). The predicted molar refractivity (Wildman–Crippen MR) is 97.1 cm³/mol. The molecule has 1 aromatic heterocycles. The topological polar surface area (TPSA) is 77.6 Å². The maximum Gasteiger partial charge on any atom is 0.339 e. The van der Waals surface area contributed by atoms with Gasteiger partial charge in [0.1, 0.15) is 11.5 Å². The Morgan fingerprint density at radius 1 is 1.00 bits per heavy atom. The van der Waals surface area contributed by atoms with Crippen LogP contribution in [0.4, 0.5) is 0 Å². The molecule has 2 aromatic carbocycles. The van der Waals surface area contributed by atoms with Crippen LogP contribution in [0, 0.1) is 0 Å². The molecule has 0 fully saturated rings. The molecule has 1 N–H and O–H groups in total. The first kappa shape index (κ1) is 17.5. The number of hydrogen-bond donors (Lipinski definition) is 1. The number of fused-ring (bicyclic) bond motifs is 1. The van der Waals surface area contributed by atoms with Crippen LogP contribution in [-0.4, -0.2) is 37.1 Å². The second kappa shape index (κ2) is 7.31. The summed E-state index contributed by atoms with van der Waals surface area (Å²) in [6, 6.07) is 12.2. The van der Waals surface area contributed by atoms with Crippen molar-refractivity contribution in [1.29, 1.82) is 0 Å². The van der Waals surface area contributed by atoms with E-state index in [1.165, 1.54) is 26.4 Å². The summed E-state index contributed by atoms with van der Waals surface area (Å²) >= 11 is 0. The van der Waals surface area contributed by atoms with Crippen LogP contribution in [0.15, 0.2) is 48.7 Å². The zero-order chi connectivity index (χ0) is 18.7. The molecule has 0 spiro atoms. The van der Waals surface area contributed by atoms with Gasteiger partial charge in [-0.3, -0.25) is 4.79 Å². The molecule has 0 saturated carbocycles. The summed E-state index contributed by atoms with van der Waals surface area (Å²) in [6.45, 7) is 1.55. The smallest absolute Gasteiger partial charge is 0.339 e. The number of rotatable bonds is 6. The molecule has 0 unspecified atom stereocenters. The molecule has 3 aromatic rings. The number of carbonyl (C=O) groups is 2. The minimum atomic E-state index is -0.932. The lowest BCUT2D eigenvalue weighted by Crippen LogP contribution is -2.24. The Morgan fingerprint density at radius 3 is 2.31 bits per heavy atom. The van der Waals surface area contributed by atoms with Gasteiger partial charge in [0, 0.05) is 28.7 Å². The van der Waals surface area contributed by atoms with E-state index < -0.39 is 12.1 Å². The van der Waals surface area contributed by atoms with Gasteiger partial charge in [0.05, 0.1) is 19.8 Å². The summed E-state index contributed by atoms with van der Waals surface area (Å²) in [7, 11) is 2.99. The van der Waals surface area contributed by atoms with Crippen molar-refractivity contribution in [3.8, 4) is 11.5 Å². The number of ether oxygens (including phenoxy) is 3. The summed E-state index contributed by atoms with van der Waals surface area (Å²) in [5.41, 5.74) is 1.59. The van der Waals surface area contributed by atoms with E-state index in [9.17, 15) is 9.59 Å². The van der Waals surface area contributed by atoms with Gasteiger partial charge in [0.2, 0.25) is 5.78 Å². The normalized spacial score (nSPS) is 11.8. The van der Waals surface area contributed by atoms with Crippen LogP contribution in [0.25, 0.3) is 10.9 Å². The highest BCUT2D eigenvalue weighted by Gasteiger charge is 2.23. The number of carbonyl (C=O) groups excluding carboxylic acids is 2. The summed E-state index contributed by atoms with van der Waals surface area (Å²) < 4.78 is 15.7. The number of nitrogens with one attached hydrogen (secondary N) is 1. The maximum atomic E-state index is 12.7. The number of methoxy groups -OCH3 is 2. The van der Waals surface area contributed by atoms with Gasteiger partial charge in [-0.15, -0.1) is 0 Å². The van der Waals surface area contributed by atoms with Gasteiger partial charge in [0.15, 0.2) is 6.10 Å². The lowest BCUT2D eigenvalue weighted by atomic mass is 10.1. The van der Waals surface area contributed by atoms with Crippen molar-refractivity contribution in [3.63, 3.8) is 0 Å². The molecule has 26 heavy (non-hydrogen) atoms. The van der Waals surface area contributed by atoms with Crippen molar-refractivity contribution in [1.82, 2.24) is 4.98 Å². The predicted octanol–water partition coefficient (Wildman–Crippen LogP) is 3.61. The second-order valence-electron chi connectivity index (χ2n) is 5.76. The Hall–Kier alpha value is -3.28. The fourth-order valence-electron chi connectivity index (χ4n) is 2.70. The number of benzene rings is 2. The van der Waals surface area contributed by atoms with Crippen LogP contribution < -0.4 is 9.47 Å². The molecule has 0 radical (unpaired) electrons. The van der Waals surface area contributed by atoms with Gasteiger partial charge in [0.25, 0.3) is 0 Å². The molecule has 134 valence electrons. The van der Waals surface area contributed by atoms with E-state index in [4.69, 9.17) is 14.2 Å². The minimum Gasteiger partial charge on any atom is -0.497 e. The van der Waals surface area contributed by atoms with Crippen molar-refractivity contribution in [3.05, 3.63) is 59.8 Å². The Morgan fingerprint density at radius 2 is 1.65 bits per heavy atom. The highest BCUT2D eigenvalue weighted by atomic mass is 16.5. The van der Waals surface area contributed by atoms with Crippen LogP contribution in [0.3, 0.4) is 0 Å². The Labute approximate surface area is 150 Å². The first-order chi connectivity index (χ1) is 12.5. The number of para-hydroxylation sites is 1. The quantitative estimate of drug-likeness (QED) is 0.541. The van der Waals surface area contributed by atoms with Crippen LogP contribution in [-0.2, 0) is 4.74 Å². The number of ketones is 1. The number of H-pyrrole nitrogens is 1. The van der Waals surface area contributed by atoms with E-state index in [-0.39, 0.29) is 11.3 Å². The van der Waals surface area contributed by atoms with E-state index in [1.807, 2.05) is 24.3 Å². The summed E-state index contributed by atoms with van der Waals surface area (Å²) in [5, 5.41) is 0.795. The van der Waals surface area contributed by atoms with Crippen LogP contribution in [0.2, 0.25) is 0 Å². The minimum absolute atomic E-state index is 0.250. The molecule has 0 bridgehead atoms. The third-order valence-corrected chi connectivity index (χ3v) is 4.09. The largest absolute Gasteiger partial charge is 0.497 e. The van der Waals surface area contributed by atoms with Gasteiger partial charge in [-0.2, -0.15) is 0 Å². The Bertz CT molecular complexity index is 937. The number of hydrogen-bond acceptors (Lipinski definition) is 5. The number of Topliss-reactive ketones (excluding diaryl/α,β-unsaturated/α-hetero) is 1. The molecule has 0 saturated heterocycles. The molecular formula is C20H19NO5. The van der Waals surface area contributed by atoms with Gasteiger partial charge in [-0.05, 0) is 25.1 Å². The number of esters is 1. The number of aromatic nitrogens is 1. The number of aromatic amines is 1. The summed E-state index contributed by atoms with van der Waals surface area (Å²) in [5.74, 6) is 0.0346. The molecule has 0 aliphatic carbocycles. The standard InChI is InChI=1S/C20H19NO5/c1-12(19(22)17-11-21-18-7-5-4-6-16(17)18)26-20(23)13-8-14(24-2)10-15(9-13)25-3/h4-12,21H,1-3H3/t12-/m0/s1. The SMILES string of the molecule is COc1cc(OC)cc(C(=O)O[C@@H](C)C(=O)c2c[nH]c3ccccc23)c1. The molecule has 0 aliphatic heterocycles. The lowest BCUT2D eigenvalue weighted by molar-refractivity contribution is 0.0319. The van der Waals surface area contributed by atoms with Crippen LogP contribution in [0.1, 0.15) is 27.6 Å². The second-order valence-corrected chi connectivity index (χ2v) is 5.76. The summed E-state index contributed by atoms with van der Waals surface area (Å²) in [6.07, 6.45) is 0.699. The highest BCUT2D eigenvalue weighted by molar-refractivity contribution is 6.10. The van der Waals surface area contributed by atoms with Crippen molar-refractivity contribution >= 4 is 22.7 Å². The zero-order valence-electron chi connectivity index (χ0n) is 14.7. The van der Waals surface area contributed by atoms with Gasteiger partial charge in [-0.25, -0.2) is 4.79 Å². The third-order valence-electron chi connectivity index (χ3n) is 4.09. The van der Waals surface area contributed by atoms with Gasteiger partial charge < -0.3 is 19.2 Å². The molecular weight excluding hydrogens is 334 g/mol. The molecule has 6 nitrogen and oxygen atoms in total. The maximum absolute atomic E-state index is 12.7. The van der Waals surface area contributed by atoms with Crippen molar-refractivity contribution in [2.45, 2.75) is 13.0 Å². The Balaban J connectivity index is 1.80. The molecule has 1 atom stereocenters. The molecule has 0 amide bonds. The Kier molecular flexibility index (Phi) is 4.93. The third kappa shape index (κ3) is 3.39. The fraction of sp³-hybridized carbons (Fsp3) is 0.200. The van der Waals surface area contributed by atoms with Gasteiger partial charge in [-0.1, -0.05) is 18.2 Å². The average Bonchev–Trinajstić information content (AvgIpc) is 3.10. The molecule has 0 aliphatic rings. The van der Waals surface area contributed by atoms with Crippen LogP contribution >= 0.6 is 0 Å². The molecule has 1 heterocycles. The highest BCUT2D eigenvalue weighted by Crippen LogP contribution is 2.24. The summed E-state index contributed by atoms with van der Waals surface area (Å²) in [4.78, 5) is 28.2. The van der Waals surface area contributed by atoms with Crippen molar-refractivity contribution in [2.75, 3.05) is 14.2 Å². The monoisotopic (exact) mass is 353 g/mol. The lowest BCUT2D eigenvalue weighted by Gasteiger charge is -2.13. The zero-order valence-corrected chi connectivity index (χ0v) is 14.7. The van der Waals surface area contributed by atoms with E-state index in [1.54, 1.807) is 19.2 Å². The van der Waals surface area contributed by atoms with E-state index in [0.29, 0.717) is 17.1 Å². The first-order valence-electron chi connectivity index (χ1n) is 8.08. The fourth-order valence-corrected chi connectivity index (χ4v) is 2.70. The van der Waals surface area contributed by atoms with Gasteiger partial charge >= 0.3 is 5.97 Å². The molecule has 6 heteroatoms. The van der Waals surface area contributed by atoms with E-state index in [2.05, 4.69) is 4.98 Å².